The number of likely N-dealkylation sites (tertiary alicyclic amines) is 1. The second-order valence-electron chi connectivity index (χ2n) is 15.4. The first kappa shape index (κ1) is 42.7. The smallest absolute Gasteiger partial charge is 0.241 e. The molecule has 1 aliphatic rings. The number of piperidine rings is 1. The van der Waals surface area contributed by atoms with Crippen LogP contribution in [0.2, 0.25) is 0 Å². The highest BCUT2D eigenvalue weighted by Crippen LogP contribution is 2.29. The van der Waals surface area contributed by atoms with Gasteiger partial charge in [-0.2, -0.15) is 0 Å². The Morgan fingerprint density at radius 2 is 1.37 bits per heavy atom. The molecule has 9 nitrogen and oxygen atoms in total. The van der Waals surface area contributed by atoms with Gasteiger partial charge in [-0.1, -0.05) is 68.4 Å². The molecule has 54 heavy (non-hydrogen) atoms. The van der Waals surface area contributed by atoms with E-state index < -0.39 is 0 Å². The monoisotopic (exact) mass is 739 g/mol. The van der Waals surface area contributed by atoms with Crippen LogP contribution < -0.4 is 16.0 Å². The van der Waals surface area contributed by atoms with Crippen LogP contribution >= 0.6 is 0 Å². The van der Waals surface area contributed by atoms with Crippen molar-refractivity contribution in [1.29, 1.82) is 0 Å². The zero-order chi connectivity index (χ0) is 39.2. The minimum absolute atomic E-state index is 0.00809. The van der Waals surface area contributed by atoms with Gasteiger partial charge < -0.3 is 16.0 Å². The first-order valence-corrected chi connectivity index (χ1v) is 20.2. The second-order valence-corrected chi connectivity index (χ2v) is 15.4. The number of benzene rings is 3. The molecule has 3 aromatic carbocycles. The normalized spacial score (nSPS) is 16.7. The number of rotatable bonds is 19. The molecule has 3 amide bonds. The molecule has 3 aromatic rings. The van der Waals surface area contributed by atoms with Gasteiger partial charge >= 0.3 is 0 Å². The van der Waals surface area contributed by atoms with E-state index in [4.69, 9.17) is 0 Å². The van der Waals surface area contributed by atoms with Gasteiger partial charge in [-0.15, -0.1) is 0 Å². The summed E-state index contributed by atoms with van der Waals surface area (Å²) in [7, 11) is 0. The molecule has 3 N–H and O–H groups in total. The molecule has 1 aliphatic heterocycles. The van der Waals surface area contributed by atoms with Gasteiger partial charge in [0.05, 0.1) is 18.6 Å². The molecular formula is C45H66N6O3. The number of hydrogen-bond acceptors (Lipinski definition) is 6. The molecule has 0 spiro atoms. The number of nitrogens with one attached hydrogen (secondary N) is 3. The van der Waals surface area contributed by atoms with Crippen molar-refractivity contribution in [2.75, 3.05) is 61.8 Å². The summed E-state index contributed by atoms with van der Waals surface area (Å²) in [4.78, 5) is 47.3. The van der Waals surface area contributed by atoms with Crippen molar-refractivity contribution in [3.63, 3.8) is 0 Å². The minimum Gasteiger partial charge on any atom is -0.324 e. The van der Waals surface area contributed by atoms with Crippen molar-refractivity contribution >= 4 is 34.8 Å². The Morgan fingerprint density at radius 3 is 1.98 bits per heavy atom. The highest BCUT2D eigenvalue weighted by Gasteiger charge is 2.34. The van der Waals surface area contributed by atoms with Crippen LogP contribution in [0.15, 0.2) is 60.7 Å². The van der Waals surface area contributed by atoms with Crippen molar-refractivity contribution in [2.45, 2.75) is 106 Å². The third kappa shape index (κ3) is 12.2. The molecule has 1 saturated heterocycles. The molecule has 4 rings (SSSR count). The molecule has 1 heterocycles. The van der Waals surface area contributed by atoms with Gasteiger partial charge in [0.1, 0.15) is 0 Å². The summed E-state index contributed by atoms with van der Waals surface area (Å²) in [5, 5.41) is 9.58. The molecule has 0 aliphatic carbocycles. The van der Waals surface area contributed by atoms with E-state index in [1.165, 1.54) is 0 Å². The Hall–Kier alpha value is -4.05. The number of para-hydroxylation sites is 3. The molecule has 3 atom stereocenters. The maximum Gasteiger partial charge on any atom is 0.241 e. The van der Waals surface area contributed by atoms with Crippen molar-refractivity contribution in [3.05, 3.63) is 88.5 Å². The quantitative estimate of drug-likeness (QED) is 0.108. The third-order valence-electron chi connectivity index (χ3n) is 11.2. The maximum atomic E-state index is 14.1. The molecular weight excluding hydrogens is 673 g/mol. The molecule has 294 valence electrons. The average Bonchev–Trinajstić information content (AvgIpc) is 3.15. The minimum atomic E-state index is -0.239. The van der Waals surface area contributed by atoms with Crippen LogP contribution in [-0.2, 0) is 14.4 Å². The zero-order valence-corrected chi connectivity index (χ0v) is 34.3. The van der Waals surface area contributed by atoms with Crippen molar-refractivity contribution in [2.24, 2.45) is 5.92 Å². The Bertz CT molecular complexity index is 1650. The van der Waals surface area contributed by atoms with Crippen LogP contribution in [0.1, 0.15) is 87.1 Å². The van der Waals surface area contributed by atoms with Crippen LogP contribution in [0, 0.1) is 40.5 Å². The largest absolute Gasteiger partial charge is 0.324 e. The summed E-state index contributed by atoms with van der Waals surface area (Å²) in [6.45, 7) is 21.7. The summed E-state index contributed by atoms with van der Waals surface area (Å²) >= 11 is 0. The van der Waals surface area contributed by atoms with Crippen LogP contribution in [0.5, 0.6) is 0 Å². The number of anilines is 3. The second kappa shape index (κ2) is 21.1. The fraction of sp³-hybridized carbons (Fsp3) is 0.533. The van der Waals surface area contributed by atoms with Crippen molar-refractivity contribution < 1.29 is 14.4 Å². The number of hydrogen-bond donors (Lipinski definition) is 3. The Labute approximate surface area is 325 Å². The lowest BCUT2D eigenvalue weighted by atomic mass is 9.87. The molecule has 1 fully saturated rings. The van der Waals surface area contributed by atoms with Crippen molar-refractivity contribution in [1.82, 2.24) is 14.7 Å². The number of amides is 3. The molecule has 0 saturated carbocycles. The molecule has 9 heteroatoms. The lowest BCUT2D eigenvalue weighted by Crippen LogP contribution is -2.50. The highest BCUT2D eigenvalue weighted by atomic mass is 16.2. The van der Waals surface area contributed by atoms with Gasteiger partial charge in [0.25, 0.3) is 0 Å². The summed E-state index contributed by atoms with van der Waals surface area (Å²) < 4.78 is 0. The first-order chi connectivity index (χ1) is 25.9. The van der Waals surface area contributed by atoms with E-state index in [-0.39, 0.29) is 29.8 Å². The summed E-state index contributed by atoms with van der Waals surface area (Å²) in [6.07, 6.45) is 5.63. The van der Waals surface area contributed by atoms with Crippen molar-refractivity contribution in [3.8, 4) is 0 Å². The average molecular weight is 739 g/mol. The van der Waals surface area contributed by atoms with Gasteiger partial charge in [-0.05, 0) is 159 Å². The van der Waals surface area contributed by atoms with Crippen LogP contribution in [0.25, 0.3) is 0 Å². The van der Waals surface area contributed by atoms with E-state index in [2.05, 4.69) is 44.5 Å². The van der Waals surface area contributed by atoms with E-state index in [1.54, 1.807) is 0 Å². The maximum absolute atomic E-state index is 14.1. The number of likely N-dealkylation sites (N-methyl/N-ethyl adjacent to an activating group) is 1. The fourth-order valence-corrected chi connectivity index (χ4v) is 7.75. The topological polar surface area (TPSA) is 97.0 Å². The molecule has 3 unspecified atom stereocenters. The predicted octanol–water partition coefficient (Wildman–Crippen LogP) is 8.12. The number of carbonyl (C=O) groups excluding carboxylic acids is 3. The van der Waals surface area contributed by atoms with Crippen LogP contribution in [0.3, 0.4) is 0 Å². The third-order valence-corrected chi connectivity index (χ3v) is 11.2. The van der Waals surface area contributed by atoms with E-state index >= 15 is 0 Å². The highest BCUT2D eigenvalue weighted by molar-refractivity contribution is 5.96. The lowest BCUT2D eigenvalue weighted by Gasteiger charge is -2.39. The van der Waals surface area contributed by atoms with Crippen LogP contribution in [0.4, 0.5) is 17.1 Å². The van der Waals surface area contributed by atoms with Gasteiger partial charge in [-0.25, -0.2) is 0 Å². The van der Waals surface area contributed by atoms with Gasteiger partial charge in [-0.3, -0.25) is 29.1 Å². The number of nitrogens with zero attached hydrogens (tertiary/aromatic N) is 3. The Balaban J connectivity index is 1.36. The number of unbranched alkanes of at least 4 members (excludes halogenated alkanes) is 1. The lowest BCUT2D eigenvalue weighted by molar-refractivity contribution is -0.123. The van der Waals surface area contributed by atoms with E-state index in [0.29, 0.717) is 12.5 Å². The van der Waals surface area contributed by atoms with E-state index in [9.17, 15) is 14.4 Å². The molecule has 0 bridgehead atoms. The molecule has 0 aromatic heterocycles. The van der Waals surface area contributed by atoms with Gasteiger partial charge in [0.2, 0.25) is 17.7 Å². The van der Waals surface area contributed by atoms with Gasteiger partial charge in [0.15, 0.2) is 0 Å². The standard InChI is InChI=1S/C45H66N6O3/c1-9-25-50(37(8)44(53)46-39-22-12-11-17-32(39)3)26-13-14-27-51-29-24-38(30-40(51)45(54)48-43-35(6)20-16-21-36(43)7)23-28-49(10-2)31-41(52)47-42-33(4)18-15-19-34(42)5/h11-12,15-22,37-38,40H,9-10,13-14,23-31H2,1-8H3,(H,46,53)(H,47,52)(H,48,54). The summed E-state index contributed by atoms with van der Waals surface area (Å²) in [5.74, 6) is 0.477. The Morgan fingerprint density at radius 1 is 0.759 bits per heavy atom. The number of carbonyl (C=O) groups is 3. The summed E-state index contributed by atoms with van der Waals surface area (Å²) in [5.41, 5.74) is 7.99. The first-order valence-electron chi connectivity index (χ1n) is 20.2. The number of aryl methyl sites for hydroxylation is 5. The van der Waals surface area contributed by atoms with Crippen LogP contribution in [-0.4, -0.2) is 90.3 Å². The fourth-order valence-electron chi connectivity index (χ4n) is 7.75. The zero-order valence-electron chi connectivity index (χ0n) is 34.3. The summed E-state index contributed by atoms with van der Waals surface area (Å²) in [6, 6.07) is 19.6. The predicted molar refractivity (Wildman–Crippen MR) is 224 cm³/mol. The SMILES string of the molecule is CCCN(CCCCN1CCC(CCN(CC)CC(=O)Nc2c(C)cccc2C)CC1C(=O)Nc1c(C)cccc1C)C(C)C(=O)Nc1ccccc1C. The molecule has 0 radical (unpaired) electrons. The van der Waals surface area contributed by atoms with E-state index in [0.717, 1.165) is 123 Å². The van der Waals surface area contributed by atoms with Gasteiger partial charge in [0, 0.05) is 17.1 Å². The Kier molecular flexibility index (Phi) is 16.7. The van der Waals surface area contributed by atoms with E-state index in [1.807, 2.05) is 102 Å².